The second-order valence-corrected chi connectivity index (χ2v) is 8.44. The van der Waals surface area contributed by atoms with Gasteiger partial charge in [-0.25, -0.2) is 4.68 Å². The zero-order valence-electron chi connectivity index (χ0n) is 20.2. The van der Waals surface area contributed by atoms with Gasteiger partial charge in [0.15, 0.2) is 0 Å². The average Bonchev–Trinajstić information content (AvgIpc) is 3.13. The Balaban J connectivity index is 1.99. The predicted octanol–water partition coefficient (Wildman–Crippen LogP) is 4.35. The minimum Gasteiger partial charge on any atom is -0.497 e. The minimum absolute atomic E-state index is 0.160. The normalized spacial score (nSPS) is 12.4. The maximum absolute atomic E-state index is 10.6. The van der Waals surface area contributed by atoms with Crippen molar-refractivity contribution in [3.05, 3.63) is 60.2 Å². The highest BCUT2D eigenvalue weighted by atomic mass is 16.5. The number of methoxy groups -OCH3 is 2. The Morgan fingerprint density at radius 1 is 1.00 bits per heavy atom. The van der Waals surface area contributed by atoms with Gasteiger partial charge < -0.3 is 19.3 Å². The molecule has 1 heterocycles. The molecule has 1 atom stereocenters. The molecule has 0 aliphatic heterocycles. The van der Waals surface area contributed by atoms with E-state index in [4.69, 9.17) is 19.3 Å². The molecule has 0 spiro atoms. The molecule has 7 heteroatoms. The maximum atomic E-state index is 10.6. The number of hydrogen-bond acceptors (Lipinski definition) is 6. The molecular formula is C26H35N3O4. The van der Waals surface area contributed by atoms with Gasteiger partial charge in [-0.2, -0.15) is 5.10 Å². The van der Waals surface area contributed by atoms with Crippen molar-refractivity contribution < 1.29 is 19.3 Å². The van der Waals surface area contributed by atoms with Gasteiger partial charge in [-0.1, -0.05) is 44.2 Å². The molecule has 0 aliphatic rings. The topological polar surface area (TPSA) is 69.0 Å². The van der Waals surface area contributed by atoms with Crippen LogP contribution in [0, 0.1) is 5.92 Å². The summed E-state index contributed by atoms with van der Waals surface area (Å²) in [4.78, 5) is 2.19. The van der Waals surface area contributed by atoms with Gasteiger partial charge in [0.25, 0.3) is 0 Å². The third kappa shape index (κ3) is 6.57. The summed E-state index contributed by atoms with van der Waals surface area (Å²) < 4.78 is 18.7. The van der Waals surface area contributed by atoms with Gasteiger partial charge in [0.2, 0.25) is 5.88 Å². The lowest BCUT2D eigenvalue weighted by Gasteiger charge is -2.27. The Morgan fingerprint density at radius 3 is 2.27 bits per heavy atom. The summed E-state index contributed by atoms with van der Waals surface area (Å²) in [6.07, 6.45) is -0.440. The van der Waals surface area contributed by atoms with Crippen molar-refractivity contribution >= 4 is 0 Å². The summed E-state index contributed by atoms with van der Waals surface area (Å²) in [5.74, 6) is 2.30. The van der Waals surface area contributed by atoms with Crippen LogP contribution in [-0.4, -0.2) is 59.8 Å². The van der Waals surface area contributed by atoms with Crippen molar-refractivity contribution in [2.45, 2.75) is 26.5 Å². The second-order valence-electron chi connectivity index (χ2n) is 8.44. The van der Waals surface area contributed by atoms with E-state index in [-0.39, 0.29) is 5.92 Å². The maximum Gasteiger partial charge on any atom is 0.222 e. The van der Waals surface area contributed by atoms with Crippen molar-refractivity contribution in [1.29, 1.82) is 0 Å². The molecule has 33 heavy (non-hydrogen) atoms. The molecule has 7 nitrogen and oxygen atoms in total. The molecule has 0 amide bonds. The van der Waals surface area contributed by atoms with E-state index in [2.05, 4.69) is 4.90 Å². The second kappa shape index (κ2) is 11.8. The largest absolute Gasteiger partial charge is 0.497 e. The smallest absolute Gasteiger partial charge is 0.222 e. The first kappa shape index (κ1) is 24.8. The number of hydrogen-bond donors (Lipinski definition) is 1. The molecule has 0 bridgehead atoms. The number of ether oxygens (including phenoxy) is 3. The molecule has 0 unspecified atom stereocenters. The third-order valence-corrected chi connectivity index (χ3v) is 5.62. The SMILES string of the molecule is COCCN(Cc1c(-c2ccccc2)nn(C)c1Oc1ccc(OC)cc1)C[C@@H](O)C(C)C. The van der Waals surface area contributed by atoms with Crippen LogP contribution < -0.4 is 9.47 Å². The molecule has 3 rings (SSSR count). The lowest BCUT2D eigenvalue weighted by Crippen LogP contribution is -2.36. The fourth-order valence-electron chi connectivity index (χ4n) is 3.56. The third-order valence-electron chi connectivity index (χ3n) is 5.62. The Hall–Kier alpha value is -2.87. The standard InChI is InChI=1S/C26H35N3O4/c1-19(2)24(30)18-29(15-16-31-4)17-23-25(20-9-7-6-8-10-20)27-28(3)26(23)33-22-13-11-21(32-5)12-14-22/h6-14,19,24,30H,15-18H2,1-5H3/t24-/m1/s1. The lowest BCUT2D eigenvalue weighted by molar-refractivity contribution is 0.0589. The number of nitrogens with zero attached hydrogens (tertiary/aromatic N) is 3. The van der Waals surface area contributed by atoms with Crippen LogP contribution in [0.1, 0.15) is 19.4 Å². The van der Waals surface area contributed by atoms with Crippen LogP contribution >= 0.6 is 0 Å². The molecule has 3 aromatic rings. The van der Waals surface area contributed by atoms with Gasteiger partial charge in [0.1, 0.15) is 17.2 Å². The summed E-state index contributed by atoms with van der Waals surface area (Å²) >= 11 is 0. The van der Waals surface area contributed by atoms with Crippen LogP contribution in [0.3, 0.4) is 0 Å². The van der Waals surface area contributed by atoms with Gasteiger partial charge in [-0.3, -0.25) is 4.90 Å². The van der Waals surface area contributed by atoms with Crippen LogP contribution in [0.4, 0.5) is 0 Å². The molecule has 1 N–H and O–H groups in total. The van der Waals surface area contributed by atoms with Gasteiger partial charge >= 0.3 is 0 Å². The highest BCUT2D eigenvalue weighted by molar-refractivity contribution is 5.65. The van der Waals surface area contributed by atoms with Gasteiger partial charge in [-0.15, -0.1) is 0 Å². The Kier molecular flexibility index (Phi) is 8.88. The lowest BCUT2D eigenvalue weighted by atomic mass is 10.1. The molecule has 1 aromatic heterocycles. The summed E-state index contributed by atoms with van der Waals surface area (Å²) in [5.41, 5.74) is 2.85. The van der Waals surface area contributed by atoms with Crippen molar-refractivity contribution in [3.63, 3.8) is 0 Å². The summed E-state index contributed by atoms with van der Waals surface area (Å²) in [6.45, 7) is 6.41. The number of rotatable bonds is 12. The first-order valence-corrected chi connectivity index (χ1v) is 11.3. The van der Waals surface area contributed by atoms with E-state index < -0.39 is 6.10 Å². The first-order valence-electron chi connectivity index (χ1n) is 11.3. The van der Waals surface area contributed by atoms with Crippen LogP contribution in [0.2, 0.25) is 0 Å². The Morgan fingerprint density at radius 2 is 1.67 bits per heavy atom. The first-order chi connectivity index (χ1) is 15.9. The Labute approximate surface area is 196 Å². The van der Waals surface area contributed by atoms with E-state index in [1.807, 2.05) is 75.5 Å². The molecule has 0 saturated heterocycles. The van der Waals surface area contributed by atoms with E-state index in [9.17, 15) is 5.11 Å². The zero-order valence-corrected chi connectivity index (χ0v) is 20.2. The van der Waals surface area contributed by atoms with E-state index in [1.165, 1.54) is 0 Å². The zero-order chi connectivity index (χ0) is 23.8. The number of aliphatic hydroxyl groups excluding tert-OH is 1. The molecule has 178 valence electrons. The Bertz CT molecular complexity index is 987. The van der Waals surface area contributed by atoms with Crippen LogP contribution in [0.5, 0.6) is 17.4 Å². The van der Waals surface area contributed by atoms with Gasteiger partial charge in [0.05, 0.1) is 25.4 Å². The van der Waals surface area contributed by atoms with Crippen LogP contribution in [0.15, 0.2) is 54.6 Å². The summed E-state index contributed by atoms with van der Waals surface area (Å²) in [5, 5.41) is 15.4. The molecule has 2 aromatic carbocycles. The van der Waals surface area contributed by atoms with E-state index in [0.29, 0.717) is 37.9 Å². The van der Waals surface area contributed by atoms with E-state index in [1.54, 1.807) is 18.9 Å². The van der Waals surface area contributed by atoms with Crippen LogP contribution in [-0.2, 0) is 18.3 Å². The number of benzene rings is 2. The van der Waals surface area contributed by atoms with Gasteiger partial charge in [-0.05, 0) is 30.2 Å². The summed E-state index contributed by atoms with van der Waals surface area (Å²) in [7, 11) is 5.22. The molecular weight excluding hydrogens is 418 g/mol. The van der Waals surface area contributed by atoms with Crippen molar-refractivity contribution in [2.24, 2.45) is 13.0 Å². The fraction of sp³-hybridized carbons (Fsp3) is 0.423. The van der Waals surface area contributed by atoms with E-state index in [0.717, 1.165) is 22.6 Å². The molecule has 0 aliphatic carbocycles. The quantitative estimate of drug-likeness (QED) is 0.440. The predicted molar refractivity (Wildman–Crippen MR) is 130 cm³/mol. The fourth-order valence-corrected chi connectivity index (χ4v) is 3.56. The van der Waals surface area contributed by atoms with Crippen LogP contribution in [0.25, 0.3) is 11.3 Å². The number of aromatic nitrogens is 2. The molecule has 0 radical (unpaired) electrons. The highest BCUT2D eigenvalue weighted by Gasteiger charge is 2.24. The summed E-state index contributed by atoms with van der Waals surface area (Å²) in [6, 6.07) is 17.6. The van der Waals surface area contributed by atoms with Crippen molar-refractivity contribution in [1.82, 2.24) is 14.7 Å². The van der Waals surface area contributed by atoms with Gasteiger partial charge in [0, 0.05) is 39.4 Å². The number of aryl methyl sites for hydroxylation is 1. The minimum atomic E-state index is -0.440. The van der Waals surface area contributed by atoms with Crippen molar-refractivity contribution in [2.75, 3.05) is 33.9 Å². The molecule has 0 fully saturated rings. The monoisotopic (exact) mass is 453 g/mol. The van der Waals surface area contributed by atoms with E-state index >= 15 is 0 Å². The average molecular weight is 454 g/mol. The number of aliphatic hydroxyl groups is 1. The van der Waals surface area contributed by atoms with Crippen molar-refractivity contribution in [3.8, 4) is 28.6 Å². The molecule has 0 saturated carbocycles. The highest BCUT2D eigenvalue weighted by Crippen LogP contribution is 2.34.